The molecule has 1 aliphatic rings. The average Bonchev–Trinajstić information content (AvgIpc) is 2.97. The molecule has 1 aliphatic heterocycles. The molecule has 0 saturated carbocycles. The summed E-state index contributed by atoms with van der Waals surface area (Å²) < 4.78 is 60.2. The Kier molecular flexibility index (Phi) is 8.55. The summed E-state index contributed by atoms with van der Waals surface area (Å²) in [6.45, 7) is -0.864. The second-order valence-corrected chi connectivity index (χ2v) is 9.07. The normalized spacial score (nSPS) is 19.9. The zero-order valence-electron chi connectivity index (χ0n) is 15.3. The Morgan fingerprint density at radius 1 is 1.45 bits per heavy atom. The molecule has 1 saturated heterocycles. The van der Waals surface area contributed by atoms with Gasteiger partial charge in [0.25, 0.3) is 21.9 Å². The largest absolute Gasteiger partial charge is 1.00 e. The van der Waals surface area contributed by atoms with Crippen LogP contribution in [0, 0.1) is 0 Å². The van der Waals surface area contributed by atoms with E-state index in [-0.39, 0.29) is 50.4 Å². The minimum absolute atomic E-state index is 0. The zero-order valence-corrected chi connectivity index (χ0v) is 19.7. The number of anilines is 1. The predicted octanol–water partition coefficient (Wildman–Crippen LogP) is -5.79. The average molecular weight is 479 g/mol. The van der Waals surface area contributed by atoms with E-state index in [4.69, 9.17) is 5.73 Å². The molecule has 18 heteroatoms. The number of hydrogen-bond acceptors (Lipinski definition) is 13. The standard InChI is InChI=1S/C11H15N5O9S3.Na/c1-24-15-7(5-4-26-11(12)13-5)9(17)14-8-6(3-25-27(2,19)20)16(10(8)18)28(21,22)23;/h4,6,8H,3H2,1-2H3,(H2,12,13)(H,14,17)(H,21,22,23);/q;+1/p-1/t6-,8+;/m1./s1. The van der Waals surface area contributed by atoms with E-state index in [0.717, 1.165) is 18.4 Å². The molecule has 14 nitrogen and oxygen atoms in total. The molecular formula is C11H14N5NaO9S3. The summed E-state index contributed by atoms with van der Waals surface area (Å²) in [5.41, 5.74) is 5.13. The molecule has 0 bridgehead atoms. The maximum absolute atomic E-state index is 12.4. The van der Waals surface area contributed by atoms with E-state index in [9.17, 15) is 31.0 Å². The summed E-state index contributed by atoms with van der Waals surface area (Å²) in [5, 5.41) is 7.14. The predicted molar refractivity (Wildman–Crippen MR) is 93.1 cm³/mol. The Morgan fingerprint density at radius 3 is 2.52 bits per heavy atom. The summed E-state index contributed by atoms with van der Waals surface area (Å²) in [4.78, 5) is 32.9. The monoisotopic (exact) mass is 479 g/mol. The van der Waals surface area contributed by atoms with Gasteiger partial charge < -0.3 is 20.4 Å². The van der Waals surface area contributed by atoms with Crippen LogP contribution in [-0.4, -0.2) is 80.3 Å². The molecule has 2 rings (SSSR count). The van der Waals surface area contributed by atoms with Crippen LogP contribution in [0.3, 0.4) is 0 Å². The van der Waals surface area contributed by atoms with Crippen molar-refractivity contribution in [2.45, 2.75) is 12.1 Å². The number of oxime groups is 1. The van der Waals surface area contributed by atoms with Crippen molar-refractivity contribution >= 4 is 54.4 Å². The number of hydrogen-bond donors (Lipinski definition) is 2. The van der Waals surface area contributed by atoms with E-state index in [1.54, 1.807) is 0 Å². The van der Waals surface area contributed by atoms with Crippen LogP contribution in [0.2, 0.25) is 0 Å². The first-order chi connectivity index (χ1) is 12.8. The van der Waals surface area contributed by atoms with E-state index in [2.05, 4.69) is 24.5 Å². The van der Waals surface area contributed by atoms with E-state index in [1.165, 1.54) is 5.38 Å². The number of rotatable bonds is 8. The van der Waals surface area contributed by atoms with Crippen molar-refractivity contribution in [1.82, 2.24) is 14.6 Å². The van der Waals surface area contributed by atoms with Crippen LogP contribution in [0.15, 0.2) is 10.5 Å². The van der Waals surface area contributed by atoms with Gasteiger partial charge in [-0.05, 0) is 0 Å². The van der Waals surface area contributed by atoms with Gasteiger partial charge in [0.2, 0.25) is 0 Å². The van der Waals surface area contributed by atoms with Gasteiger partial charge in [-0.15, -0.1) is 11.3 Å². The van der Waals surface area contributed by atoms with Gasteiger partial charge in [0, 0.05) is 5.38 Å². The number of thiazole rings is 1. The summed E-state index contributed by atoms with van der Waals surface area (Å²) >= 11 is 0.998. The third-order valence-electron chi connectivity index (χ3n) is 3.31. The van der Waals surface area contributed by atoms with Gasteiger partial charge >= 0.3 is 29.6 Å². The van der Waals surface area contributed by atoms with Gasteiger partial charge in [-0.3, -0.25) is 13.8 Å². The molecule has 2 atom stereocenters. The van der Waals surface area contributed by atoms with E-state index >= 15 is 0 Å². The number of nitrogens with one attached hydrogen (secondary N) is 1. The number of nitrogens with two attached hydrogens (primary N) is 1. The van der Waals surface area contributed by atoms with Crippen molar-refractivity contribution in [3.8, 4) is 0 Å². The van der Waals surface area contributed by atoms with E-state index in [0.29, 0.717) is 6.26 Å². The molecule has 0 radical (unpaired) electrons. The van der Waals surface area contributed by atoms with Crippen molar-refractivity contribution in [1.29, 1.82) is 0 Å². The molecule has 1 fully saturated rings. The fourth-order valence-corrected chi connectivity index (χ4v) is 3.99. The Balaban J connectivity index is 0.00000420. The second kappa shape index (κ2) is 9.65. The van der Waals surface area contributed by atoms with Crippen LogP contribution in [-0.2, 0) is 39.0 Å². The molecule has 0 unspecified atom stereocenters. The molecule has 0 aromatic carbocycles. The van der Waals surface area contributed by atoms with Crippen molar-refractivity contribution in [3.05, 3.63) is 11.1 Å². The maximum Gasteiger partial charge on any atom is 1.00 e. The maximum atomic E-state index is 12.4. The van der Waals surface area contributed by atoms with Crippen molar-refractivity contribution in [3.63, 3.8) is 0 Å². The number of β-lactam (4-membered cyclic amide) rings is 1. The van der Waals surface area contributed by atoms with Gasteiger partial charge in [-0.2, -0.15) is 8.42 Å². The fraction of sp³-hybridized carbons (Fsp3) is 0.455. The summed E-state index contributed by atoms with van der Waals surface area (Å²) in [6.07, 6.45) is 0.688. The topological polar surface area (TPSA) is 210 Å². The molecule has 156 valence electrons. The zero-order chi connectivity index (χ0) is 21.3. The number of nitrogen functional groups attached to an aromatic ring is 1. The number of carbonyl (C=O) groups excluding carboxylic acids is 2. The van der Waals surface area contributed by atoms with Crippen LogP contribution in [0.5, 0.6) is 0 Å². The van der Waals surface area contributed by atoms with Crippen LogP contribution in [0.25, 0.3) is 0 Å². The Labute approximate surface area is 191 Å². The molecule has 29 heavy (non-hydrogen) atoms. The van der Waals surface area contributed by atoms with E-state index < -0.39 is 50.9 Å². The van der Waals surface area contributed by atoms with Gasteiger partial charge in [-0.25, -0.2) is 17.7 Å². The first-order valence-electron chi connectivity index (χ1n) is 7.12. The molecule has 1 aromatic rings. The van der Waals surface area contributed by atoms with Crippen LogP contribution in [0.4, 0.5) is 5.13 Å². The number of nitrogens with zero attached hydrogens (tertiary/aromatic N) is 3. The van der Waals surface area contributed by atoms with Crippen molar-refractivity contribution in [2.75, 3.05) is 25.7 Å². The molecular weight excluding hydrogens is 465 g/mol. The number of amides is 2. The molecule has 2 heterocycles. The SMILES string of the molecule is CON=C(C(=O)N[C@@H]1C(=O)N(S(=O)(=O)[O-])[C@@H]1COS(C)(=O)=O)c1csc(N)n1.[Na+]. The Morgan fingerprint density at radius 2 is 2.07 bits per heavy atom. The van der Waals surface area contributed by atoms with Crippen LogP contribution < -0.4 is 40.6 Å². The second-order valence-electron chi connectivity index (χ2n) is 5.29. The third-order valence-corrected chi connectivity index (χ3v) is 5.48. The van der Waals surface area contributed by atoms with Gasteiger partial charge in [0.1, 0.15) is 24.9 Å². The van der Waals surface area contributed by atoms with Crippen LogP contribution in [0.1, 0.15) is 5.69 Å². The third kappa shape index (κ3) is 6.32. The van der Waals surface area contributed by atoms with Gasteiger partial charge in [-0.1, -0.05) is 5.16 Å². The molecule has 0 aliphatic carbocycles. The first-order valence-corrected chi connectivity index (χ1v) is 11.2. The molecule has 1 aromatic heterocycles. The molecule has 3 N–H and O–H groups in total. The van der Waals surface area contributed by atoms with Gasteiger partial charge in [0.15, 0.2) is 21.1 Å². The summed E-state index contributed by atoms with van der Waals surface area (Å²) in [6, 6.07) is -3.13. The quantitative estimate of drug-likeness (QED) is 0.0895. The van der Waals surface area contributed by atoms with Crippen LogP contribution >= 0.6 is 11.3 Å². The minimum atomic E-state index is -5.25. The number of aromatic nitrogens is 1. The smallest absolute Gasteiger partial charge is 0.731 e. The number of carbonyl (C=O) groups is 2. The summed E-state index contributed by atoms with van der Waals surface area (Å²) in [7, 11) is -8.12. The Hall–Kier alpha value is -1.34. The van der Waals surface area contributed by atoms with Gasteiger partial charge in [0.05, 0.1) is 12.9 Å². The molecule has 0 spiro atoms. The Bertz CT molecular complexity index is 1020. The minimum Gasteiger partial charge on any atom is -0.731 e. The molecule has 2 amide bonds. The fourth-order valence-electron chi connectivity index (χ4n) is 2.21. The first kappa shape index (κ1) is 25.7. The van der Waals surface area contributed by atoms with Crippen molar-refractivity contribution < 1.29 is 69.6 Å². The van der Waals surface area contributed by atoms with E-state index in [1.807, 2.05) is 0 Å². The van der Waals surface area contributed by atoms with Crippen molar-refractivity contribution in [2.24, 2.45) is 5.16 Å². The summed E-state index contributed by atoms with van der Waals surface area (Å²) in [5.74, 6) is -2.27.